The lowest BCUT2D eigenvalue weighted by molar-refractivity contribution is 1.25. The minimum absolute atomic E-state index is 0.850. The van der Waals surface area contributed by atoms with Crippen molar-refractivity contribution in [2.45, 2.75) is 13.8 Å². The molecule has 2 heteroatoms. The van der Waals surface area contributed by atoms with E-state index in [1.165, 1.54) is 76.5 Å². The SMILES string of the molecule is Cc1c2ccccc2c(-c2ccc(-c3ccc(-c4ccccn4)nc3-c3ccc(-c4c5ccccc5c(C)c5ccccc45)cc3)cc2)c2ccccc12. The third kappa shape index (κ3) is 5.18. The maximum atomic E-state index is 5.31. The molecule has 10 rings (SSSR count). The van der Waals surface area contributed by atoms with E-state index >= 15 is 0 Å². The molecule has 254 valence electrons. The molecule has 0 amide bonds. The molecule has 0 spiro atoms. The first kappa shape index (κ1) is 31.8. The molecule has 2 heterocycles. The fourth-order valence-electron chi connectivity index (χ4n) is 8.50. The third-order valence-electron chi connectivity index (χ3n) is 11.2. The number of hydrogen-bond acceptors (Lipinski definition) is 2. The Balaban J connectivity index is 1.12. The first-order valence-electron chi connectivity index (χ1n) is 18.6. The summed E-state index contributed by atoms with van der Waals surface area (Å²) in [6.07, 6.45) is 1.83. The van der Waals surface area contributed by atoms with E-state index in [0.29, 0.717) is 0 Å². The summed E-state index contributed by atoms with van der Waals surface area (Å²) in [5, 5.41) is 10.3. The molecule has 0 unspecified atom stereocenters. The number of aryl methyl sites for hydroxylation is 2. The maximum absolute atomic E-state index is 5.31. The molecule has 2 nitrogen and oxygen atoms in total. The first-order chi connectivity index (χ1) is 26.6. The van der Waals surface area contributed by atoms with Gasteiger partial charge in [0.1, 0.15) is 0 Å². The molecule has 0 aliphatic heterocycles. The molecule has 0 aliphatic carbocycles. The highest BCUT2D eigenvalue weighted by molar-refractivity contribution is 6.16. The van der Waals surface area contributed by atoms with E-state index in [1.54, 1.807) is 0 Å². The molecule has 0 N–H and O–H groups in total. The summed E-state index contributed by atoms with van der Waals surface area (Å²) in [7, 11) is 0. The van der Waals surface area contributed by atoms with Crippen molar-refractivity contribution in [3.8, 4) is 56.0 Å². The van der Waals surface area contributed by atoms with Gasteiger partial charge in [0.25, 0.3) is 0 Å². The van der Waals surface area contributed by atoms with Gasteiger partial charge in [0.15, 0.2) is 0 Å². The molecule has 0 fully saturated rings. The lowest BCUT2D eigenvalue weighted by Crippen LogP contribution is -1.95. The van der Waals surface area contributed by atoms with Crippen LogP contribution in [0.2, 0.25) is 0 Å². The summed E-state index contributed by atoms with van der Waals surface area (Å²) in [6, 6.07) is 63.4. The summed E-state index contributed by atoms with van der Waals surface area (Å²) < 4.78 is 0. The molecular formula is C52H36N2. The second-order valence-electron chi connectivity index (χ2n) is 14.1. The molecule has 8 aromatic carbocycles. The van der Waals surface area contributed by atoms with Gasteiger partial charge in [-0.05, 0) is 120 Å². The largest absolute Gasteiger partial charge is 0.255 e. The van der Waals surface area contributed by atoms with Crippen molar-refractivity contribution in [1.29, 1.82) is 0 Å². The quantitative estimate of drug-likeness (QED) is 0.168. The number of pyridine rings is 2. The number of aromatic nitrogens is 2. The Morgan fingerprint density at radius 3 is 1.13 bits per heavy atom. The fourth-order valence-corrected chi connectivity index (χ4v) is 8.50. The van der Waals surface area contributed by atoms with Gasteiger partial charge in [-0.15, -0.1) is 0 Å². The molecular weight excluding hydrogens is 653 g/mol. The van der Waals surface area contributed by atoms with Crippen LogP contribution in [-0.4, -0.2) is 9.97 Å². The summed E-state index contributed by atoms with van der Waals surface area (Å²) >= 11 is 0. The maximum Gasteiger partial charge on any atom is 0.0894 e. The van der Waals surface area contributed by atoms with Crippen molar-refractivity contribution < 1.29 is 0 Å². The summed E-state index contributed by atoms with van der Waals surface area (Å²) in [4.78, 5) is 9.96. The van der Waals surface area contributed by atoms with Crippen LogP contribution in [0.1, 0.15) is 11.1 Å². The van der Waals surface area contributed by atoms with Crippen molar-refractivity contribution >= 4 is 43.1 Å². The van der Waals surface area contributed by atoms with Crippen LogP contribution in [0, 0.1) is 13.8 Å². The van der Waals surface area contributed by atoms with Crippen molar-refractivity contribution in [2.24, 2.45) is 0 Å². The molecule has 10 aromatic rings. The van der Waals surface area contributed by atoms with Gasteiger partial charge in [-0.1, -0.05) is 152 Å². The molecule has 0 bridgehead atoms. The monoisotopic (exact) mass is 688 g/mol. The van der Waals surface area contributed by atoms with E-state index < -0.39 is 0 Å². The minimum atomic E-state index is 0.850. The van der Waals surface area contributed by atoms with Crippen LogP contribution < -0.4 is 0 Å². The molecule has 0 atom stereocenters. The Kier molecular flexibility index (Phi) is 7.63. The lowest BCUT2D eigenvalue weighted by Gasteiger charge is -2.17. The zero-order valence-electron chi connectivity index (χ0n) is 30.2. The zero-order valence-corrected chi connectivity index (χ0v) is 30.2. The average Bonchev–Trinajstić information content (AvgIpc) is 3.25. The zero-order chi connectivity index (χ0) is 36.2. The predicted octanol–water partition coefficient (Wildman–Crippen LogP) is 14.0. The van der Waals surface area contributed by atoms with Gasteiger partial charge in [0.2, 0.25) is 0 Å². The second-order valence-corrected chi connectivity index (χ2v) is 14.1. The minimum Gasteiger partial charge on any atom is -0.255 e. The number of hydrogen-bond donors (Lipinski definition) is 0. The summed E-state index contributed by atoms with van der Waals surface area (Å²) in [5.74, 6) is 0. The first-order valence-corrected chi connectivity index (χ1v) is 18.6. The number of nitrogens with zero attached hydrogens (tertiary/aromatic N) is 2. The fraction of sp³-hybridized carbons (Fsp3) is 0.0385. The Labute approximate surface area is 315 Å². The Morgan fingerprint density at radius 1 is 0.315 bits per heavy atom. The normalized spacial score (nSPS) is 11.5. The number of fused-ring (bicyclic) bond motifs is 4. The highest BCUT2D eigenvalue weighted by Gasteiger charge is 2.17. The van der Waals surface area contributed by atoms with E-state index in [0.717, 1.165) is 33.8 Å². The standard InChI is InChI=1S/C52H36N2/c1-33-39-13-3-7-17-44(39)50(45-18-8-4-14-40(33)45)36-24-22-35(23-25-36)43-30-31-49(48-21-11-12-32-53-48)54-52(43)38-28-26-37(27-29-38)51-46-19-9-5-15-41(46)34(2)42-16-6-10-20-47(42)51/h3-32H,1-2H3. The van der Waals surface area contributed by atoms with Gasteiger partial charge in [0, 0.05) is 17.3 Å². The van der Waals surface area contributed by atoms with Gasteiger partial charge in [-0.3, -0.25) is 4.98 Å². The summed E-state index contributed by atoms with van der Waals surface area (Å²) in [5.41, 5.74) is 13.5. The van der Waals surface area contributed by atoms with Crippen molar-refractivity contribution in [3.05, 3.63) is 193 Å². The van der Waals surface area contributed by atoms with Gasteiger partial charge >= 0.3 is 0 Å². The smallest absolute Gasteiger partial charge is 0.0894 e. The highest BCUT2D eigenvalue weighted by atomic mass is 14.8. The Hall–Kier alpha value is -6.90. The third-order valence-corrected chi connectivity index (χ3v) is 11.2. The predicted molar refractivity (Wildman–Crippen MR) is 229 cm³/mol. The second kappa shape index (κ2) is 12.9. The van der Waals surface area contributed by atoms with E-state index in [4.69, 9.17) is 4.98 Å². The molecule has 0 aliphatic rings. The van der Waals surface area contributed by atoms with Crippen LogP contribution in [0.5, 0.6) is 0 Å². The highest BCUT2D eigenvalue weighted by Crippen LogP contribution is 2.42. The van der Waals surface area contributed by atoms with Crippen molar-refractivity contribution in [2.75, 3.05) is 0 Å². The summed E-state index contributed by atoms with van der Waals surface area (Å²) in [6.45, 7) is 4.47. The van der Waals surface area contributed by atoms with E-state index in [2.05, 4.69) is 177 Å². The molecule has 0 radical (unpaired) electrons. The average molecular weight is 689 g/mol. The molecule has 2 aromatic heterocycles. The van der Waals surface area contributed by atoms with Crippen LogP contribution >= 0.6 is 0 Å². The van der Waals surface area contributed by atoms with Gasteiger partial charge < -0.3 is 0 Å². The van der Waals surface area contributed by atoms with Crippen molar-refractivity contribution in [3.63, 3.8) is 0 Å². The van der Waals surface area contributed by atoms with Crippen molar-refractivity contribution in [1.82, 2.24) is 9.97 Å². The molecule has 54 heavy (non-hydrogen) atoms. The topological polar surface area (TPSA) is 25.8 Å². The molecule has 0 saturated heterocycles. The number of rotatable bonds is 5. The van der Waals surface area contributed by atoms with E-state index in [1.807, 2.05) is 24.4 Å². The number of benzene rings is 8. The van der Waals surface area contributed by atoms with Gasteiger partial charge in [0.05, 0.1) is 17.1 Å². The van der Waals surface area contributed by atoms with Gasteiger partial charge in [-0.2, -0.15) is 0 Å². The van der Waals surface area contributed by atoms with Crippen LogP contribution in [-0.2, 0) is 0 Å². The van der Waals surface area contributed by atoms with Crippen LogP contribution in [0.15, 0.2) is 182 Å². The molecule has 0 saturated carbocycles. The van der Waals surface area contributed by atoms with E-state index in [-0.39, 0.29) is 0 Å². The van der Waals surface area contributed by atoms with Gasteiger partial charge in [-0.25, -0.2) is 4.98 Å². The Bertz CT molecular complexity index is 2920. The Morgan fingerprint density at radius 2 is 0.704 bits per heavy atom. The lowest BCUT2D eigenvalue weighted by atomic mass is 9.88. The van der Waals surface area contributed by atoms with Crippen LogP contribution in [0.4, 0.5) is 0 Å². The van der Waals surface area contributed by atoms with Crippen LogP contribution in [0.25, 0.3) is 99.1 Å². The van der Waals surface area contributed by atoms with Crippen LogP contribution in [0.3, 0.4) is 0 Å². The van der Waals surface area contributed by atoms with E-state index in [9.17, 15) is 0 Å².